The fourth-order valence-electron chi connectivity index (χ4n) is 1.54. The number of nitrogens with one attached hydrogen (secondary N) is 1. The molecule has 0 aromatic heterocycles. The molecule has 0 fully saturated rings. The molecular weight excluding hydrogens is 230 g/mol. The van der Waals surface area contributed by atoms with Crippen LogP contribution in [0, 0.1) is 0 Å². The summed E-state index contributed by atoms with van der Waals surface area (Å²) in [4.78, 5) is 0. The van der Waals surface area contributed by atoms with Crippen LogP contribution in [0.25, 0.3) is 0 Å². The Morgan fingerprint density at radius 2 is 1.67 bits per heavy atom. The van der Waals surface area contributed by atoms with Crippen LogP contribution in [0.3, 0.4) is 0 Å². The van der Waals surface area contributed by atoms with Crippen LogP contribution in [0.15, 0.2) is 24.3 Å². The van der Waals surface area contributed by atoms with Crippen molar-refractivity contribution in [2.45, 2.75) is 19.4 Å². The Hall–Kier alpha value is -1.26. The summed E-state index contributed by atoms with van der Waals surface area (Å²) < 4.78 is 15.5. The van der Waals surface area contributed by atoms with Gasteiger partial charge in [0, 0.05) is 32.6 Å². The van der Waals surface area contributed by atoms with Gasteiger partial charge in [-0.1, -0.05) is 0 Å². The van der Waals surface area contributed by atoms with E-state index in [2.05, 4.69) is 12.2 Å². The smallest absolute Gasteiger partial charge is 0.119 e. The number of hydrogen-bond donors (Lipinski definition) is 1. The third-order valence-electron chi connectivity index (χ3n) is 2.58. The molecular formula is C14H23NO3. The summed E-state index contributed by atoms with van der Waals surface area (Å²) in [5.41, 5.74) is 1.10. The van der Waals surface area contributed by atoms with Gasteiger partial charge < -0.3 is 19.5 Å². The topological polar surface area (TPSA) is 39.7 Å². The first-order valence-corrected chi connectivity index (χ1v) is 6.23. The normalized spacial score (nSPS) is 12.2. The highest BCUT2D eigenvalue weighted by molar-refractivity contribution is 5.46. The second-order valence-corrected chi connectivity index (χ2v) is 4.19. The molecule has 0 aliphatic carbocycles. The highest BCUT2D eigenvalue weighted by Crippen LogP contribution is 2.16. The van der Waals surface area contributed by atoms with Gasteiger partial charge in [-0.05, 0) is 37.6 Å². The first kappa shape index (κ1) is 14.8. The minimum absolute atomic E-state index is 0.394. The Balaban J connectivity index is 2.35. The van der Waals surface area contributed by atoms with Gasteiger partial charge in [-0.15, -0.1) is 0 Å². The first-order valence-electron chi connectivity index (χ1n) is 6.23. The number of benzene rings is 1. The van der Waals surface area contributed by atoms with Crippen LogP contribution in [0.2, 0.25) is 0 Å². The molecule has 4 heteroatoms. The number of ether oxygens (including phenoxy) is 3. The Morgan fingerprint density at radius 1 is 1.00 bits per heavy atom. The third kappa shape index (κ3) is 5.89. The molecule has 0 saturated heterocycles. The monoisotopic (exact) mass is 253 g/mol. The van der Waals surface area contributed by atoms with E-state index < -0.39 is 0 Å². The summed E-state index contributed by atoms with van der Waals surface area (Å²) in [7, 11) is 3.39. The average Bonchev–Trinajstić information content (AvgIpc) is 2.39. The lowest BCUT2D eigenvalue weighted by Crippen LogP contribution is -2.17. The molecule has 0 saturated carbocycles. The molecule has 4 nitrogen and oxygen atoms in total. The average molecular weight is 253 g/mol. The molecule has 0 aliphatic heterocycles. The van der Waals surface area contributed by atoms with Crippen LogP contribution in [0.4, 0.5) is 5.69 Å². The number of hydrogen-bond acceptors (Lipinski definition) is 4. The molecule has 0 amide bonds. The summed E-state index contributed by atoms with van der Waals surface area (Å²) in [5, 5.41) is 3.41. The Morgan fingerprint density at radius 3 is 2.28 bits per heavy atom. The predicted molar refractivity (Wildman–Crippen MR) is 73.4 cm³/mol. The lowest BCUT2D eigenvalue weighted by Gasteiger charge is -2.15. The van der Waals surface area contributed by atoms with E-state index in [-0.39, 0.29) is 0 Å². The van der Waals surface area contributed by atoms with E-state index in [4.69, 9.17) is 14.2 Å². The van der Waals surface area contributed by atoms with Gasteiger partial charge in [-0.25, -0.2) is 0 Å². The molecule has 0 aliphatic rings. The number of methoxy groups -OCH3 is 2. The van der Waals surface area contributed by atoms with Gasteiger partial charge in [0.1, 0.15) is 12.4 Å². The molecule has 18 heavy (non-hydrogen) atoms. The van der Waals surface area contributed by atoms with E-state index in [1.54, 1.807) is 14.2 Å². The van der Waals surface area contributed by atoms with E-state index in [1.807, 2.05) is 24.3 Å². The highest BCUT2D eigenvalue weighted by Gasteiger charge is 2.01. The van der Waals surface area contributed by atoms with Gasteiger partial charge in [-0.2, -0.15) is 0 Å². The van der Waals surface area contributed by atoms with Gasteiger partial charge in [0.2, 0.25) is 0 Å². The first-order chi connectivity index (χ1) is 8.76. The summed E-state index contributed by atoms with van der Waals surface area (Å²) in [6.45, 7) is 4.09. The van der Waals surface area contributed by atoms with Crippen LogP contribution in [0.5, 0.6) is 5.75 Å². The molecule has 1 N–H and O–H groups in total. The van der Waals surface area contributed by atoms with Crippen molar-refractivity contribution in [2.24, 2.45) is 0 Å². The second kappa shape index (κ2) is 8.78. The zero-order valence-electron chi connectivity index (χ0n) is 11.4. The van der Waals surface area contributed by atoms with Crippen molar-refractivity contribution in [2.75, 3.05) is 39.4 Å². The van der Waals surface area contributed by atoms with Crippen LogP contribution in [-0.4, -0.2) is 40.1 Å². The van der Waals surface area contributed by atoms with E-state index in [0.29, 0.717) is 19.3 Å². The van der Waals surface area contributed by atoms with Crippen LogP contribution >= 0.6 is 0 Å². The quantitative estimate of drug-likeness (QED) is 0.687. The lowest BCUT2D eigenvalue weighted by molar-refractivity contribution is 0.146. The van der Waals surface area contributed by atoms with Crippen molar-refractivity contribution in [1.29, 1.82) is 0 Å². The minimum atomic E-state index is 0.394. The van der Waals surface area contributed by atoms with Crippen LogP contribution in [-0.2, 0) is 9.47 Å². The molecule has 1 aromatic rings. The maximum absolute atomic E-state index is 5.50. The van der Waals surface area contributed by atoms with E-state index in [0.717, 1.165) is 24.5 Å². The van der Waals surface area contributed by atoms with Crippen LogP contribution in [0.1, 0.15) is 13.3 Å². The summed E-state index contributed by atoms with van der Waals surface area (Å²) >= 11 is 0. The molecule has 1 atom stereocenters. The zero-order valence-corrected chi connectivity index (χ0v) is 11.4. The molecule has 1 rings (SSSR count). The van der Waals surface area contributed by atoms with Crippen molar-refractivity contribution in [3.8, 4) is 5.75 Å². The minimum Gasteiger partial charge on any atom is -0.491 e. The molecule has 1 unspecified atom stereocenters. The Bertz CT molecular complexity index is 313. The third-order valence-corrected chi connectivity index (χ3v) is 2.58. The Labute approximate surface area is 109 Å². The molecule has 0 spiro atoms. The van der Waals surface area contributed by atoms with Gasteiger partial charge in [0.25, 0.3) is 0 Å². The van der Waals surface area contributed by atoms with Gasteiger partial charge in [-0.3, -0.25) is 0 Å². The van der Waals surface area contributed by atoms with Crippen molar-refractivity contribution in [1.82, 2.24) is 0 Å². The number of anilines is 1. The second-order valence-electron chi connectivity index (χ2n) is 4.19. The summed E-state index contributed by atoms with van der Waals surface area (Å²) in [5.74, 6) is 0.863. The Kier molecular flexibility index (Phi) is 7.22. The van der Waals surface area contributed by atoms with E-state index in [1.165, 1.54) is 0 Å². The van der Waals surface area contributed by atoms with Crippen molar-refractivity contribution in [3.05, 3.63) is 24.3 Å². The molecule has 0 bridgehead atoms. The van der Waals surface area contributed by atoms with Crippen molar-refractivity contribution >= 4 is 5.69 Å². The van der Waals surface area contributed by atoms with Gasteiger partial charge >= 0.3 is 0 Å². The lowest BCUT2D eigenvalue weighted by atomic mass is 10.2. The van der Waals surface area contributed by atoms with E-state index >= 15 is 0 Å². The number of rotatable bonds is 9. The maximum atomic E-state index is 5.50. The zero-order chi connectivity index (χ0) is 13.2. The molecule has 0 radical (unpaired) electrons. The molecule has 1 aromatic carbocycles. The van der Waals surface area contributed by atoms with Crippen molar-refractivity contribution < 1.29 is 14.2 Å². The largest absolute Gasteiger partial charge is 0.491 e. The predicted octanol–water partition coefficient (Wildman–Crippen LogP) is 2.55. The maximum Gasteiger partial charge on any atom is 0.119 e. The molecule has 0 heterocycles. The fourth-order valence-corrected chi connectivity index (χ4v) is 1.54. The SMILES string of the molecule is COCCOc1ccc(NC(C)CCOC)cc1. The molecule has 102 valence electrons. The van der Waals surface area contributed by atoms with Crippen molar-refractivity contribution in [3.63, 3.8) is 0 Å². The standard InChI is InChI=1S/C14H23NO3/c1-12(8-9-16-2)15-13-4-6-14(7-5-13)18-11-10-17-3/h4-7,12,15H,8-11H2,1-3H3. The summed E-state index contributed by atoms with van der Waals surface area (Å²) in [6, 6.07) is 8.35. The van der Waals surface area contributed by atoms with E-state index in [9.17, 15) is 0 Å². The highest BCUT2D eigenvalue weighted by atomic mass is 16.5. The van der Waals surface area contributed by atoms with Crippen LogP contribution < -0.4 is 10.1 Å². The van der Waals surface area contributed by atoms with Gasteiger partial charge in [0.05, 0.1) is 6.61 Å². The fraction of sp³-hybridized carbons (Fsp3) is 0.571. The van der Waals surface area contributed by atoms with Gasteiger partial charge in [0.15, 0.2) is 0 Å². The summed E-state index contributed by atoms with van der Waals surface area (Å²) in [6.07, 6.45) is 0.989.